The second-order valence-electron chi connectivity index (χ2n) is 6.89. The van der Waals surface area contributed by atoms with Gasteiger partial charge in [-0.15, -0.1) is 0 Å². The number of carbonyl (C=O) groups is 2. The van der Waals surface area contributed by atoms with Gasteiger partial charge in [0.25, 0.3) is 5.91 Å². The van der Waals surface area contributed by atoms with Crippen LogP contribution in [0.1, 0.15) is 28.8 Å². The lowest BCUT2D eigenvalue weighted by molar-refractivity contribution is -0.117. The van der Waals surface area contributed by atoms with Gasteiger partial charge in [0.1, 0.15) is 5.75 Å². The lowest BCUT2D eigenvalue weighted by Crippen LogP contribution is -2.31. The molecule has 0 saturated carbocycles. The van der Waals surface area contributed by atoms with E-state index in [-0.39, 0.29) is 17.7 Å². The van der Waals surface area contributed by atoms with Gasteiger partial charge in [0, 0.05) is 36.7 Å². The fourth-order valence-corrected chi connectivity index (χ4v) is 3.62. The summed E-state index contributed by atoms with van der Waals surface area (Å²) in [5.41, 5.74) is 2.66. The van der Waals surface area contributed by atoms with Crippen LogP contribution in [-0.2, 0) is 11.2 Å². The SMILES string of the molecule is O=C(NCC1CC(=O)N(c2ccccc2)C1)c1ccc2c(c1)CCCO2. The van der Waals surface area contributed by atoms with E-state index in [0.717, 1.165) is 36.4 Å². The maximum Gasteiger partial charge on any atom is 0.251 e. The van der Waals surface area contributed by atoms with Crippen molar-refractivity contribution in [1.29, 1.82) is 0 Å². The Balaban J connectivity index is 1.36. The minimum atomic E-state index is -0.0935. The number of para-hydroxylation sites is 1. The maximum atomic E-state index is 12.5. The number of hydrogen-bond donors (Lipinski definition) is 1. The smallest absolute Gasteiger partial charge is 0.251 e. The molecule has 1 unspecified atom stereocenters. The van der Waals surface area contributed by atoms with E-state index in [4.69, 9.17) is 4.74 Å². The van der Waals surface area contributed by atoms with E-state index in [1.807, 2.05) is 42.5 Å². The van der Waals surface area contributed by atoms with Crippen LogP contribution in [-0.4, -0.2) is 31.5 Å². The van der Waals surface area contributed by atoms with Crippen LogP contribution >= 0.6 is 0 Å². The molecule has 1 atom stereocenters. The van der Waals surface area contributed by atoms with E-state index in [2.05, 4.69) is 5.32 Å². The van der Waals surface area contributed by atoms with Crippen LogP contribution in [0.15, 0.2) is 48.5 Å². The molecule has 2 heterocycles. The summed E-state index contributed by atoms with van der Waals surface area (Å²) in [6, 6.07) is 15.3. The summed E-state index contributed by atoms with van der Waals surface area (Å²) in [5, 5.41) is 2.98. The van der Waals surface area contributed by atoms with Gasteiger partial charge in [-0.1, -0.05) is 18.2 Å². The normalized spacial score (nSPS) is 19.0. The number of amides is 2. The van der Waals surface area contributed by atoms with Crippen molar-refractivity contribution < 1.29 is 14.3 Å². The van der Waals surface area contributed by atoms with Crippen molar-refractivity contribution >= 4 is 17.5 Å². The average Bonchev–Trinajstić information content (AvgIpc) is 3.07. The Morgan fingerprint density at radius 2 is 2.04 bits per heavy atom. The molecule has 1 N–H and O–H groups in total. The summed E-state index contributed by atoms with van der Waals surface area (Å²) in [6.07, 6.45) is 2.39. The first-order valence-corrected chi connectivity index (χ1v) is 9.10. The summed E-state index contributed by atoms with van der Waals surface area (Å²) in [5.74, 6) is 1.03. The third-order valence-corrected chi connectivity index (χ3v) is 4.99. The number of nitrogens with zero attached hydrogens (tertiary/aromatic N) is 1. The van der Waals surface area contributed by atoms with Crippen LogP contribution in [0.25, 0.3) is 0 Å². The summed E-state index contributed by atoms with van der Waals surface area (Å²) >= 11 is 0. The molecule has 4 rings (SSSR count). The fraction of sp³-hybridized carbons (Fsp3) is 0.333. The quantitative estimate of drug-likeness (QED) is 0.922. The zero-order chi connectivity index (χ0) is 17.9. The molecule has 0 aromatic heterocycles. The van der Waals surface area contributed by atoms with Crippen LogP contribution in [0, 0.1) is 5.92 Å². The molecule has 2 aromatic rings. The number of rotatable bonds is 4. The topological polar surface area (TPSA) is 58.6 Å². The number of nitrogens with one attached hydrogen (secondary N) is 1. The first kappa shape index (κ1) is 16.6. The maximum absolute atomic E-state index is 12.5. The zero-order valence-corrected chi connectivity index (χ0v) is 14.6. The lowest BCUT2D eigenvalue weighted by atomic mass is 10.0. The van der Waals surface area contributed by atoms with Gasteiger partial charge in [-0.2, -0.15) is 0 Å². The van der Waals surface area contributed by atoms with E-state index in [9.17, 15) is 9.59 Å². The van der Waals surface area contributed by atoms with E-state index in [1.54, 1.807) is 11.0 Å². The molecule has 2 aliphatic rings. The zero-order valence-electron chi connectivity index (χ0n) is 14.6. The minimum Gasteiger partial charge on any atom is -0.493 e. The number of hydrogen-bond acceptors (Lipinski definition) is 3. The lowest BCUT2D eigenvalue weighted by Gasteiger charge is -2.18. The second kappa shape index (κ2) is 7.20. The molecule has 134 valence electrons. The Morgan fingerprint density at radius 3 is 2.88 bits per heavy atom. The number of ether oxygens (including phenoxy) is 1. The first-order valence-electron chi connectivity index (χ1n) is 9.10. The predicted molar refractivity (Wildman–Crippen MR) is 99.5 cm³/mol. The molecule has 0 spiro atoms. The third-order valence-electron chi connectivity index (χ3n) is 4.99. The largest absolute Gasteiger partial charge is 0.493 e. The van der Waals surface area contributed by atoms with Crippen molar-refractivity contribution in [1.82, 2.24) is 5.32 Å². The Bertz CT molecular complexity index is 819. The van der Waals surface area contributed by atoms with Crippen LogP contribution < -0.4 is 15.0 Å². The Morgan fingerprint density at radius 1 is 1.19 bits per heavy atom. The van der Waals surface area contributed by atoms with Crippen molar-refractivity contribution in [3.8, 4) is 5.75 Å². The molecule has 0 aliphatic carbocycles. The minimum absolute atomic E-state index is 0.0935. The molecular formula is C21H22N2O3. The van der Waals surface area contributed by atoms with E-state index >= 15 is 0 Å². The summed E-state index contributed by atoms with van der Waals surface area (Å²) in [4.78, 5) is 26.5. The summed E-state index contributed by atoms with van der Waals surface area (Å²) in [7, 11) is 0. The third kappa shape index (κ3) is 3.43. The molecule has 2 aromatic carbocycles. The van der Waals surface area contributed by atoms with Gasteiger partial charge >= 0.3 is 0 Å². The Labute approximate surface area is 153 Å². The van der Waals surface area contributed by atoms with Crippen molar-refractivity contribution in [3.63, 3.8) is 0 Å². The molecule has 2 aliphatic heterocycles. The first-order chi connectivity index (χ1) is 12.7. The highest BCUT2D eigenvalue weighted by Crippen LogP contribution is 2.26. The molecule has 0 radical (unpaired) electrons. The Kier molecular flexibility index (Phi) is 4.61. The van der Waals surface area contributed by atoms with E-state index in [1.165, 1.54) is 0 Å². The molecule has 0 bridgehead atoms. The highest BCUT2D eigenvalue weighted by atomic mass is 16.5. The molecule has 5 heteroatoms. The van der Waals surface area contributed by atoms with Gasteiger partial charge in [-0.3, -0.25) is 9.59 Å². The van der Waals surface area contributed by atoms with Gasteiger partial charge in [0.2, 0.25) is 5.91 Å². The number of fused-ring (bicyclic) bond motifs is 1. The van der Waals surface area contributed by atoms with Gasteiger partial charge in [0.05, 0.1) is 6.61 Å². The van der Waals surface area contributed by atoms with Crippen LogP contribution in [0.2, 0.25) is 0 Å². The molecule has 5 nitrogen and oxygen atoms in total. The van der Waals surface area contributed by atoms with Gasteiger partial charge < -0.3 is 15.0 Å². The number of anilines is 1. The van der Waals surface area contributed by atoms with Crippen molar-refractivity contribution in [2.75, 3.05) is 24.6 Å². The van der Waals surface area contributed by atoms with Crippen molar-refractivity contribution in [2.45, 2.75) is 19.3 Å². The van der Waals surface area contributed by atoms with E-state index in [0.29, 0.717) is 25.1 Å². The highest BCUT2D eigenvalue weighted by Gasteiger charge is 2.30. The van der Waals surface area contributed by atoms with Crippen LogP contribution in [0.3, 0.4) is 0 Å². The van der Waals surface area contributed by atoms with E-state index < -0.39 is 0 Å². The van der Waals surface area contributed by atoms with Crippen LogP contribution in [0.4, 0.5) is 5.69 Å². The average molecular weight is 350 g/mol. The van der Waals surface area contributed by atoms with Gasteiger partial charge in [-0.05, 0) is 48.7 Å². The number of carbonyl (C=O) groups excluding carboxylic acids is 2. The molecule has 2 amide bonds. The Hall–Kier alpha value is -2.82. The van der Waals surface area contributed by atoms with Gasteiger partial charge in [-0.25, -0.2) is 0 Å². The molecule has 1 saturated heterocycles. The monoisotopic (exact) mass is 350 g/mol. The molecular weight excluding hydrogens is 328 g/mol. The summed E-state index contributed by atoms with van der Waals surface area (Å²) in [6.45, 7) is 1.88. The molecule has 1 fully saturated rings. The second-order valence-corrected chi connectivity index (χ2v) is 6.89. The number of benzene rings is 2. The van der Waals surface area contributed by atoms with Crippen molar-refractivity contribution in [2.24, 2.45) is 5.92 Å². The van der Waals surface area contributed by atoms with Crippen LogP contribution in [0.5, 0.6) is 5.75 Å². The predicted octanol–water partition coefficient (Wildman–Crippen LogP) is 2.79. The summed E-state index contributed by atoms with van der Waals surface area (Å²) < 4.78 is 5.59. The number of aryl methyl sites for hydroxylation is 1. The molecule has 26 heavy (non-hydrogen) atoms. The van der Waals surface area contributed by atoms with Gasteiger partial charge in [0.15, 0.2) is 0 Å². The highest BCUT2D eigenvalue weighted by molar-refractivity contribution is 5.96. The fourth-order valence-electron chi connectivity index (χ4n) is 3.62. The standard InChI is InChI=1S/C21H22N2O3/c24-20-11-15(14-23(20)18-6-2-1-3-7-18)13-22-21(25)17-8-9-19-16(12-17)5-4-10-26-19/h1-3,6-9,12,15H,4-5,10-11,13-14H2,(H,22,25). The van der Waals surface area contributed by atoms with Crippen molar-refractivity contribution in [3.05, 3.63) is 59.7 Å².